The number of esters is 3. The van der Waals surface area contributed by atoms with Crippen LogP contribution in [0.15, 0.2) is 24.3 Å². The molecule has 0 heterocycles. The molecule has 0 aromatic heterocycles. The number of hydrogen-bond acceptors (Lipinski definition) is 6. The van der Waals surface area contributed by atoms with Crippen molar-refractivity contribution in [2.75, 3.05) is 13.2 Å². The van der Waals surface area contributed by atoms with E-state index in [9.17, 15) is 14.4 Å². The first-order valence-corrected chi connectivity index (χ1v) is 37.8. The van der Waals surface area contributed by atoms with Crippen LogP contribution in [-0.2, 0) is 28.6 Å². The predicted octanol–water partition coefficient (Wildman–Crippen LogP) is 26.1. The fourth-order valence-electron chi connectivity index (χ4n) is 11.8. The maximum absolute atomic E-state index is 12.9. The highest BCUT2D eigenvalue weighted by Crippen LogP contribution is 2.20. The van der Waals surface area contributed by atoms with Crippen LogP contribution in [0.25, 0.3) is 0 Å². The van der Waals surface area contributed by atoms with Gasteiger partial charge in [0.1, 0.15) is 13.2 Å². The molecule has 490 valence electrons. The zero-order chi connectivity index (χ0) is 59.9. The van der Waals surface area contributed by atoms with E-state index in [-0.39, 0.29) is 31.1 Å². The minimum absolute atomic E-state index is 0.0635. The summed E-state index contributed by atoms with van der Waals surface area (Å²) in [5.74, 6) is -0.836. The average Bonchev–Trinajstić information content (AvgIpc) is 3.50. The van der Waals surface area contributed by atoms with E-state index >= 15 is 0 Å². The summed E-state index contributed by atoms with van der Waals surface area (Å²) in [5, 5.41) is 0. The fraction of sp³-hybridized carbons (Fsp3) is 0.909. The molecule has 0 amide bonds. The topological polar surface area (TPSA) is 78.9 Å². The zero-order valence-electron chi connectivity index (χ0n) is 56.5. The molecule has 6 heteroatoms. The highest BCUT2D eigenvalue weighted by molar-refractivity contribution is 5.71. The van der Waals surface area contributed by atoms with E-state index in [1.54, 1.807) is 0 Å². The Hall–Kier alpha value is -2.11. The van der Waals surface area contributed by atoms with Crippen LogP contribution in [0.5, 0.6) is 0 Å². The predicted molar refractivity (Wildman–Crippen MR) is 363 cm³/mol. The van der Waals surface area contributed by atoms with Crippen LogP contribution in [0, 0.1) is 0 Å². The number of carbonyl (C=O) groups excluding carboxylic acids is 3. The Morgan fingerprint density at radius 2 is 0.434 bits per heavy atom. The molecule has 0 N–H and O–H groups in total. The molecule has 83 heavy (non-hydrogen) atoms. The van der Waals surface area contributed by atoms with E-state index in [0.29, 0.717) is 19.3 Å². The van der Waals surface area contributed by atoms with E-state index < -0.39 is 6.10 Å². The van der Waals surface area contributed by atoms with Crippen LogP contribution in [0.1, 0.15) is 432 Å². The summed E-state index contributed by atoms with van der Waals surface area (Å²) in [5.41, 5.74) is 0. The van der Waals surface area contributed by atoms with Crippen LogP contribution in [-0.4, -0.2) is 37.2 Å². The van der Waals surface area contributed by atoms with Crippen LogP contribution in [0.2, 0.25) is 0 Å². The van der Waals surface area contributed by atoms with Crippen LogP contribution >= 0.6 is 0 Å². The Bertz CT molecular complexity index is 1340. The second kappa shape index (κ2) is 72.4. The molecule has 1 unspecified atom stereocenters. The summed E-state index contributed by atoms with van der Waals surface area (Å²) in [6.45, 7) is 6.67. The van der Waals surface area contributed by atoms with Gasteiger partial charge in [-0.05, 0) is 51.4 Å². The summed E-state index contributed by atoms with van der Waals surface area (Å²) >= 11 is 0. The van der Waals surface area contributed by atoms with Gasteiger partial charge in [0.25, 0.3) is 0 Å². The molecule has 0 aromatic rings. The van der Waals surface area contributed by atoms with Crippen molar-refractivity contribution >= 4 is 17.9 Å². The van der Waals surface area contributed by atoms with Crippen LogP contribution < -0.4 is 0 Å². The van der Waals surface area contributed by atoms with E-state index in [4.69, 9.17) is 14.2 Å². The lowest BCUT2D eigenvalue weighted by Crippen LogP contribution is -2.30. The van der Waals surface area contributed by atoms with Gasteiger partial charge in [-0.1, -0.05) is 385 Å². The lowest BCUT2D eigenvalue weighted by atomic mass is 10.0. The van der Waals surface area contributed by atoms with Crippen molar-refractivity contribution in [3.8, 4) is 0 Å². The number of unbranched alkanes of at least 4 members (excludes halogenated alkanes) is 56. The number of hydrogen-bond donors (Lipinski definition) is 0. The summed E-state index contributed by atoms with van der Waals surface area (Å²) in [6.07, 6.45) is 89.8. The molecular formula is C77H146O6. The smallest absolute Gasteiger partial charge is 0.306 e. The Morgan fingerprint density at radius 3 is 0.663 bits per heavy atom. The molecule has 0 saturated carbocycles. The van der Waals surface area contributed by atoms with Gasteiger partial charge in [0, 0.05) is 19.3 Å². The first-order valence-electron chi connectivity index (χ1n) is 37.8. The van der Waals surface area contributed by atoms with Gasteiger partial charge in [-0.25, -0.2) is 0 Å². The normalized spacial score (nSPS) is 12.1. The van der Waals surface area contributed by atoms with Crippen LogP contribution in [0.3, 0.4) is 0 Å². The molecule has 0 fully saturated rings. The molecule has 0 aromatic carbocycles. The summed E-state index contributed by atoms with van der Waals surface area (Å²) in [6, 6.07) is 0. The van der Waals surface area contributed by atoms with Gasteiger partial charge in [0.2, 0.25) is 0 Å². The van der Waals surface area contributed by atoms with Gasteiger partial charge in [-0.15, -0.1) is 0 Å². The molecule has 0 spiro atoms. The Morgan fingerprint density at radius 1 is 0.241 bits per heavy atom. The molecular weight excluding hydrogens is 1020 g/mol. The van der Waals surface area contributed by atoms with E-state index in [1.807, 2.05) is 0 Å². The minimum Gasteiger partial charge on any atom is -0.462 e. The van der Waals surface area contributed by atoms with E-state index in [0.717, 1.165) is 64.2 Å². The Labute approximate surface area is 519 Å². The van der Waals surface area contributed by atoms with Crippen molar-refractivity contribution in [3.05, 3.63) is 24.3 Å². The van der Waals surface area contributed by atoms with Gasteiger partial charge in [0.15, 0.2) is 6.10 Å². The first-order chi connectivity index (χ1) is 41.0. The summed E-state index contributed by atoms with van der Waals surface area (Å²) < 4.78 is 16.9. The molecule has 0 saturated heterocycles. The van der Waals surface area contributed by atoms with Gasteiger partial charge in [0.05, 0.1) is 0 Å². The zero-order valence-corrected chi connectivity index (χ0v) is 56.5. The third-order valence-electron chi connectivity index (χ3n) is 17.5. The van der Waals surface area contributed by atoms with Crippen molar-refractivity contribution in [2.45, 2.75) is 438 Å². The Balaban J connectivity index is 3.95. The fourth-order valence-corrected chi connectivity index (χ4v) is 11.8. The largest absolute Gasteiger partial charge is 0.462 e. The van der Waals surface area contributed by atoms with Crippen molar-refractivity contribution in [1.29, 1.82) is 0 Å². The quantitative estimate of drug-likeness (QED) is 0.0261. The molecule has 0 aliphatic heterocycles. The van der Waals surface area contributed by atoms with Crippen LogP contribution in [0.4, 0.5) is 0 Å². The van der Waals surface area contributed by atoms with Gasteiger partial charge >= 0.3 is 17.9 Å². The average molecular weight is 1170 g/mol. The molecule has 0 radical (unpaired) electrons. The number of ether oxygens (including phenoxy) is 3. The van der Waals surface area contributed by atoms with Gasteiger partial charge in [-0.2, -0.15) is 0 Å². The maximum atomic E-state index is 12.9. The molecule has 0 aliphatic carbocycles. The molecule has 1 atom stereocenters. The molecule has 0 bridgehead atoms. The lowest BCUT2D eigenvalue weighted by Gasteiger charge is -2.18. The minimum atomic E-state index is -0.764. The molecule has 0 rings (SSSR count). The van der Waals surface area contributed by atoms with Gasteiger partial charge in [-0.3, -0.25) is 14.4 Å². The van der Waals surface area contributed by atoms with Crippen molar-refractivity contribution in [1.82, 2.24) is 0 Å². The number of carbonyl (C=O) groups is 3. The second-order valence-corrected chi connectivity index (χ2v) is 25.9. The third kappa shape index (κ3) is 70.5. The SMILES string of the molecule is CCCCCCC/C=C\C/C=C\CCCCCCCCCCCCCCCCCCCCCCCC(=O)OCC(COC(=O)CCCCCCCCC)OC(=O)CCCCCCCCCCCCCCCCCCCCCCCCCCC. The maximum Gasteiger partial charge on any atom is 0.306 e. The highest BCUT2D eigenvalue weighted by atomic mass is 16.6. The second-order valence-electron chi connectivity index (χ2n) is 25.9. The van der Waals surface area contributed by atoms with Crippen molar-refractivity contribution in [3.63, 3.8) is 0 Å². The third-order valence-corrected chi connectivity index (χ3v) is 17.5. The number of allylic oxidation sites excluding steroid dienone is 4. The lowest BCUT2D eigenvalue weighted by molar-refractivity contribution is -0.167. The monoisotopic (exact) mass is 1170 g/mol. The Kier molecular flexibility index (Phi) is 70.5. The van der Waals surface area contributed by atoms with Gasteiger partial charge < -0.3 is 14.2 Å². The van der Waals surface area contributed by atoms with E-state index in [1.165, 1.54) is 327 Å². The highest BCUT2D eigenvalue weighted by Gasteiger charge is 2.20. The van der Waals surface area contributed by atoms with Crippen molar-refractivity contribution < 1.29 is 28.6 Å². The summed E-state index contributed by atoms with van der Waals surface area (Å²) in [7, 11) is 0. The van der Waals surface area contributed by atoms with Crippen molar-refractivity contribution in [2.24, 2.45) is 0 Å². The van der Waals surface area contributed by atoms with E-state index in [2.05, 4.69) is 45.1 Å². The summed E-state index contributed by atoms with van der Waals surface area (Å²) in [4.78, 5) is 38.2. The number of rotatable bonds is 71. The molecule has 6 nitrogen and oxygen atoms in total. The first kappa shape index (κ1) is 80.9. The molecule has 0 aliphatic rings. The standard InChI is InChI=1S/C77H146O6/c1-4-7-10-13-16-18-20-22-24-26-28-30-32-34-35-36-37-38-39-40-41-43-44-46-48-50-52-54-56-58-61-64-67-70-76(79)82-73-74(72-81-75(78)69-66-63-60-15-12-9-6-3)83-77(80)71-68-65-62-59-57-55-53-51-49-47-45-42-33-31-29-27-25-23-21-19-17-14-11-8-5-2/h20,22,26,28,74H,4-19,21,23-25,27,29-73H2,1-3H3/b22-20-,28-26-.